The number of nitrogens with zero attached hydrogens (tertiary/aromatic N) is 3. The van der Waals surface area contributed by atoms with E-state index in [1.807, 2.05) is 29.1 Å². The second-order valence-corrected chi connectivity index (χ2v) is 7.89. The van der Waals surface area contributed by atoms with E-state index >= 15 is 0 Å². The zero-order chi connectivity index (χ0) is 17.4. The summed E-state index contributed by atoms with van der Waals surface area (Å²) >= 11 is 0. The van der Waals surface area contributed by atoms with Crippen molar-refractivity contribution in [3.05, 3.63) is 24.4 Å². The predicted molar refractivity (Wildman–Crippen MR) is 101 cm³/mol. The Bertz CT molecular complexity index is 754. The van der Waals surface area contributed by atoms with Gasteiger partial charge in [0.15, 0.2) is 0 Å². The molecule has 5 heteroatoms. The summed E-state index contributed by atoms with van der Waals surface area (Å²) in [5.74, 6) is 0.287. The molecule has 1 aromatic carbocycles. The molecule has 0 unspecified atom stereocenters. The van der Waals surface area contributed by atoms with Crippen LogP contribution in [0.4, 0.5) is 5.69 Å². The molecule has 2 heterocycles. The zero-order valence-corrected chi connectivity index (χ0v) is 15.2. The number of likely N-dealkylation sites (tertiary alicyclic amines) is 1. The molecule has 1 saturated carbocycles. The monoisotopic (exact) mass is 340 g/mol. The lowest BCUT2D eigenvalue weighted by Gasteiger charge is -2.45. The average Bonchev–Trinajstić information content (AvgIpc) is 2.98. The van der Waals surface area contributed by atoms with Crippen molar-refractivity contribution in [2.75, 3.05) is 18.4 Å². The molecule has 1 aromatic heterocycles. The SMILES string of the molecule is CC(C)n1ncc2ccc(NC(=O)C3CN(C4CCCCC4)C3)cc21. The lowest BCUT2D eigenvalue weighted by molar-refractivity contribution is -0.126. The van der Waals surface area contributed by atoms with E-state index in [1.165, 1.54) is 32.1 Å². The minimum absolute atomic E-state index is 0.132. The van der Waals surface area contributed by atoms with Gasteiger partial charge in [-0.05, 0) is 44.9 Å². The van der Waals surface area contributed by atoms with Gasteiger partial charge in [-0.3, -0.25) is 14.4 Å². The fraction of sp³-hybridized carbons (Fsp3) is 0.600. The Morgan fingerprint density at radius 2 is 1.96 bits per heavy atom. The van der Waals surface area contributed by atoms with Crippen molar-refractivity contribution in [2.24, 2.45) is 5.92 Å². The minimum atomic E-state index is 0.132. The van der Waals surface area contributed by atoms with Gasteiger partial charge >= 0.3 is 0 Å². The third kappa shape index (κ3) is 3.30. The first-order chi connectivity index (χ1) is 12.1. The van der Waals surface area contributed by atoms with Gasteiger partial charge < -0.3 is 5.32 Å². The third-order valence-corrected chi connectivity index (χ3v) is 5.73. The van der Waals surface area contributed by atoms with Crippen LogP contribution in [0, 0.1) is 5.92 Å². The Morgan fingerprint density at radius 1 is 1.20 bits per heavy atom. The van der Waals surface area contributed by atoms with E-state index < -0.39 is 0 Å². The fourth-order valence-electron chi connectivity index (χ4n) is 4.19. The van der Waals surface area contributed by atoms with Crippen LogP contribution >= 0.6 is 0 Å². The molecule has 0 bridgehead atoms. The van der Waals surface area contributed by atoms with Gasteiger partial charge in [0.05, 0.1) is 17.6 Å². The number of carbonyl (C=O) groups is 1. The van der Waals surface area contributed by atoms with Gasteiger partial charge in [0.2, 0.25) is 5.91 Å². The summed E-state index contributed by atoms with van der Waals surface area (Å²) in [6.45, 7) is 6.07. The second kappa shape index (κ2) is 6.79. The Kier molecular flexibility index (Phi) is 4.50. The number of hydrogen-bond acceptors (Lipinski definition) is 3. The molecule has 1 aliphatic carbocycles. The molecule has 0 atom stereocenters. The van der Waals surface area contributed by atoms with Gasteiger partial charge in [-0.2, -0.15) is 5.10 Å². The average molecular weight is 340 g/mol. The lowest BCUT2D eigenvalue weighted by Crippen LogP contribution is -2.56. The summed E-state index contributed by atoms with van der Waals surface area (Å²) in [7, 11) is 0. The van der Waals surface area contributed by atoms with Gasteiger partial charge in [-0.25, -0.2) is 0 Å². The number of carbonyl (C=O) groups excluding carboxylic acids is 1. The molecule has 2 aliphatic rings. The maximum absolute atomic E-state index is 12.6. The number of benzene rings is 1. The van der Waals surface area contributed by atoms with Crippen LogP contribution in [-0.2, 0) is 4.79 Å². The highest BCUT2D eigenvalue weighted by atomic mass is 16.2. The fourth-order valence-corrected chi connectivity index (χ4v) is 4.19. The molecule has 1 saturated heterocycles. The van der Waals surface area contributed by atoms with Gasteiger partial charge in [0.25, 0.3) is 0 Å². The van der Waals surface area contributed by atoms with Crippen molar-refractivity contribution in [3.8, 4) is 0 Å². The van der Waals surface area contributed by atoms with E-state index in [1.54, 1.807) is 0 Å². The van der Waals surface area contributed by atoms with Crippen LogP contribution in [0.25, 0.3) is 10.9 Å². The number of rotatable bonds is 4. The third-order valence-electron chi connectivity index (χ3n) is 5.73. The number of amides is 1. The molecule has 2 aromatic rings. The molecule has 5 nitrogen and oxygen atoms in total. The first-order valence-electron chi connectivity index (χ1n) is 9.64. The molecular formula is C20H28N4O. The Labute approximate surface area is 149 Å². The first kappa shape index (κ1) is 16.6. The maximum atomic E-state index is 12.6. The largest absolute Gasteiger partial charge is 0.326 e. The molecule has 4 rings (SSSR count). The molecule has 25 heavy (non-hydrogen) atoms. The number of hydrogen-bond donors (Lipinski definition) is 1. The smallest absolute Gasteiger partial charge is 0.230 e. The Balaban J connectivity index is 1.38. The number of anilines is 1. The lowest BCUT2D eigenvalue weighted by atomic mass is 9.88. The summed E-state index contributed by atoms with van der Waals surface area (Å²) in [6, 6.07) is 7.07. The van der Waals surface area contributed by atoms with Gasteiger partial charge in [0.1, 0.15) is 0 Å². The highest BCUT2D eigenvalue weighted by Crippen LogP contribution is 2.29. The van der Waals surface area contributed by atoms with Crippen molar-refractivity contribution < 1.29 is 4.79 Å². The first-order valence-corrected chi connectivity index (χ1v) is 9.64. The van der Waals surface area contributed by atoms with Gasteiger partial charge in [0, 0.05) is 36.2 Å². The normalized spacial score (nSPS) is 20.1. The molecule has 1 amide bonds. The maximum Gasteiger partial charge on any atom is 0.230 e. The molecule has 0 radical (unpaired) electrons. The molecule has 1 aliphatic heterocycles. The Hall–Kier alpha value is -1.88. The van der Waals surface area contributed by atoms with Gasteiger partial charge in [-0.1, -0.05) is 19.3 Å². The minimum Gasteiger partial charge on any atom is -0.326 e. The van der Waals surface area contributed by atoms with Crippen molar-refractivity contribution in [3.63, 3.8) is 0 Å². The predicted octanol–water partition coefficient (Wildman–Crippen LogP) is 3.82. The van der Waals surface area contributed by atoms with Crippen molar-refractivity contribution in [1.82, 2.24) is 14.7 Å². The summed E-state index contributed by atoms with van der Waals surface area (Å²) in [5.41, 5.74) is 1.95. The van der Waals surface area contributed by atoms with Crippen molar-refractivity contribution >= 4 is 22.5 Å². The van der Waals surface area contributed by atoms with E-state index in [4.69, 9.17) is 0 Å². The Morgan fingerprint density at radius 3 is 2.68 bits per heavy atom. The second-order valence-electron chi connectivity index (χ2n) is 7.89. The topological polar surface area (TPSA) is 50.2 Å². The van der Waals surface area contributed by atoms with Crippen LogP contribution < -0.4 is 5.32 Å². The van der Waals surface area contributed by atoms with E-state index in [2.05, 4.69) is 29.2 Å². The summed E-state index contributed by atoms with van der Waals surface area (Å²) < 4.78 is 2.00. The van der Waals surface area contributed by atoms with E-state index in [9.17, 15) is 4.79 Å². The van der Waals surface area contributed by atoms with Crippen LogP contribution in [0.5, 0.6) is 0 Å². The molecule has 0 spiro atoms. The van der Waals surface area contributed by atoms with E-state index in [0.29, 0.717) is 6.04 Å². The summed E-state index contributed by atoms with van der Waals surface area (Å²) in [5, 5.41) is 8.66. The molecule has 134 valence electrons. The standard InChI is InChI=1S/C20H28N4O/c1-14(2)24-19-10-17(9-8-15(19)11-21-24)22-20(25)16-12-23(13-16)18-6-4-3-5-7-18/h8-11,14,16,18H,3-7,12-13H2,1-2H3,(H,22,25). The molecule has 1 N–H and O–H groups in total. The highest BCUT2D eigenvalue weighted by Gasteiger charge is 2.36. The molecular weight excluding hydrogens is 312 g/mol. The quantitative estimate of drug-likeness (QED) is 0.920. The van der Waals surface area contributed by atoms with Crippen LogP contribution in [-0.4, -0.2) is 39.7 Å². The van der Waals surface area contributed by atoms with Crippen LogP contribution in [0.2, 0.25) is 0 Å². The van der Waals surface area contributed by atoms with Crippen LogP contribution in [0.3, 0.4) is 0 Å². The van der Waals surface area contributed by atoms with Crippen molar-refractivity contribution in [1.29, 1.82) is 0 Å². The van der Waals surface area contributed by atoms with Crippen molar-refractivity contribution in [2.45, 2.75) is 58.0 Å². The highest BCUT2D eigenvalue weighted by molar-refractivity contribution is 5.95. The van der Waals surface area contributed by atoms with Crippen LogP contribution in [0.15, 0.2) is 24.4 Å². The zero-order valence-electron chi connectivity index (χ0n) is 15.2. The van der Waals surface area contributed by atoms with E-state index in [0.717, 1.165) is 35.7 Å². The summed E-state index contributed by atoms with van der Waals surface area (Å²) in [6.07, 6.45) is 8.58. The molecule has 2 fully saturated rings. The number of aromatic nitrogens is 2. The van der Waals surface area contributed by atoms with Gasteiger partial charge in [-0.15, -0.1) is 0 Å². The summed E-state index contributed by atoms with van der Waals surface area (Å²) in [4.78, 5) is 15.1. The number of fused-ring (bicyclic) bond motifs is 1. The van der Waals surface area contributed by atoms with Crippen LogP contribution in [0.1, 0.15) is 52.0 Å². The van der Waals surface area contributed by atoms with E-state index in [-0.39, 0.29) is 11.8 Å². The number of nitrogens with one attached hydrogen (secondary N) is 1.